The van der Waals surface area contributed by atoms with Crippen molar-refractivity contribution in [2.24, 2.45) is 5.92 Å². The van der Waals surface area contributed by atoms with Gasteiger partial charge >= 0.3 is 0 Å². The molecule has 0 radical (unpaired) electrons. The summed E-state index contributed by atoms with van der Waals surface area (Å²) in [6.45, 7) is 11.3. The smallest absolute Gasteiger partial charge is 0.0948 e. The van der Waals surface area contributed by atoms with Crippen molar-refractivity contribution in [2.45, 2.75) is 90.1 Å². The Hall–Kier alpha value is -0.0800. The quantitative estimate of drug-likeness (QED) is 0.630. The van der Waals surface area contributed by atoms with Crippen molar-refractivity contribution in [2.75, 3.05) is 0 Å². The zero-order valence-corrected chi connectivity index (χ0v) is 12.1. The molecule has 0 spiro atoms. The van der Waals surface area contributed by atoms with E-state index in [0.717, 1.165) is 18.8 Å². The van der Waals surface area contributed by atoms with Crippen molar-refractivity contribution in [1.82, 2.24) is 0 Å². The number of rotatable bonds is 7. The highest BCUT2D eigenvalue weighted by atomic mass is 16.6. The van der Waals surface area contributed by atoms with Crippen LogP contribution in [0.15, 0.2) is 0 Å². The molecule has 0 aromatic rings. The molecule has 2 heterocycles. The molecule has 100 valence electrons. The molecule has 0 amide bonds. The first-order valence-corrected chi connectivity index (χ1v) is 7.33. The number of hydrogen-bond donors (Lipinski definition) is 0. The van der Waals surface area contributed by atoms with E-state index in [1.54, 1.807) is 0 Å². The van der Waals surface area contributed by atoms with Crippen molar-refractivity contribution in [3.63, 3.8) is 0 Å². The van der Waals surface area contributed by atoms with Crippen LogP contribution in [-0.4, -0.2) is 23.4 Å². The molecule has 2 nitrogen and oxygen atoms in total. The van der Waals surface area contributed by atoms with Crippen LogP contribution < -0.4 is 0 Å². The van der Waals surface area contributed by atoms with Crippen LogP contribution in [0.5, 0.6) is 0 Å². The molecule has 2 fully saturated rings. The second kappa shape index (κ2) is 4.55. The summed E-state index contributed by atoms with van der Waals surface area (Å²) in [5.74, 6) is 0.733. The summed E-state index contributed by atoms with van der Waals surface area (Å²) < 4.78 is 11.8. The molecule has 0 unspecified atom stereocenters. The first kappa shape index (κ1) is 13.4. The van der Waals surface area contributed by atoms with E-state index in [1.807, 2.05) is 0 Å². The zero-order chi connectivity index (χ0) is 12.7. The van der Waals surface area contributed by atoms with Crippen LogP contribution in [0.4, 0.5) is 0 Å². The number of hydrogen-bond acceptors (Lipinski definition) is 2. The topological polar surface area (TPSA) is 25.1 Å². The first-order chi connectivity index (χ1) is 7.98. The molecule has 2 saturated heterocycles. The maximum absolute atomic E-state index is 6.01. The highest BCUT2D eigenvalue weighted by Crippen LogP contribution is 2.50. The van der Waals surface area contributed by atoms with Gasteiger partial charge in [0.25, 0.3) is 0 Å². The van der Waals surface area contributed by atoms with E-state index in [2.05, 4.69) is 34.6 Å². The second-order valence-corrected chi connectivity index (χ2v) is 6.34. The fourth-order valence-corrected chi connectivity index (χ4v) is 3.40. The largest absolute Gasteiger partial charge is 0.366 e. The van der Waals surface area contributed by atoms with Crippen LogP contribution in [0, 0.1) is 5.92 Å². The Morgan fingerprint density at radius 1 is 1.06 bits per heavy atom. The molecule has 2 heteroatoms. The average Bonchev–Trinajstić information content (AvgIpc) is 3.13. The lowest BCUT2D eigenvalue weighted by atomic mass is 9.87. The van der Waals surface area contributed by atoms with Crippen LogP contribution in [0.1, 0.15) is 66.7 Å². The minimum Gasteiger partial charge on any atom is -0.366 e. The van der Waals surface area contributed by atoms with Gasteiger partial charge in [0.05, 0.1) is 23.4 Å². The maximum atomic E-state index is 6.01. The third kappa shape index (κ3) is 2.53. The maximum Gasteiger partial charge on any atom is 0.0948 e. The van der Waals surface area contributed by atoms with Crippen LogP contribution in [0.2, 0.25) is 0 Å². The summed E-state index contributed by atoms with van der Waals surface area (Å²) in [6.07, 6.45) is 6.83. The van der Waals surface area contributed by atoms with Gasteiger partial charge in [-0.25, -0.2) is 0 Å². The van der Waals surface area contributed by atoms with Gasteiger partial charge in [0.2, 0.25) is 0 Å². The molecule has 0 bridgehead atoms. The molecule has 0 saturated carbocycles. The van der Waals surface area contributed by atoms with Crippen molar-refractivity contribution in [3.8, 4) is 0 Å². The molecular formula is C15H28O2. The van der Waals surface area contributed by atoms with Crippen LogP contribution in [0.3, 0.4) is 0 Å². The molecule has 0 aromatic carbocycles. The Balaban J connectivity index is 1.78. The van der Waals surface area contributed by atoms with E-state index in [0.29, 0.717) is 12.2 Å². The fourth-order valence-electron chi connectivity index (χ4n) is 3.40. The molecule has 2 aliphatic rings. The van der Waals surface area contributed by atoms with Gasteiger partial charge in [-0.15, -0.1) is 0 Å². The van der Waals surface area contributed by atoms with Crippen molar-refractivity contribution in [1.29, 1.82) is 0 Å². The standard InChI is InChI=1S/C15H28O2/c1-6-14(12(5)16-14)9-8-13-15(7-2,17-13)10-11(3)4/h11-13H,6-10H2,1-5H3/t12-,13-,14-,15-/m1/s1. The summed E-state index contributed by atoms with van der Waals surface area (Å²) in [4.78, 5) is 0. The molecule has 0 aliphatic carbocycles. The SMILES string of the molecule is CC[C@]1(CC[C@H]2O[C@]2(CC)CC(C)C)O[C@@H]1C. The molecule has 0 N–H and O–H groups in total. The summed E-state index contributed by atoms with van der Waals surface area (Å²) >= 11 is 0. The predicted molar refractivity (Wildman–Crippen MR) is 70.2 cm³/mol. The fraction of sp³-hybridized carbons (Fsp3) is 1.00. The Morgan fingerprint density at radius 3 is 2.06 bits per heavy atom. The van der Waals surface area contributed by atoms with Crippen LogP contribution >= 0.6 is 0 Å². The van der Waals surface area contributed by atoms with E-state index in [4.69, 9.17) is 9.47 Å². The van der Waals surface area contributed by atoms with Gasteiger partial charge < -0.3 is 9.47 Å². The zero-order valence-electron chi connectivity index (χ0n) is 12.1. The summed E-state index contributed by atoms with van der Waals surface area (Å²) in [7, 11) is 0. The molecule has 17 heavy (non-hydrogen) atoms. The molecule has 2 aliphatic heterocycles. The highest BCUT2D eigenvalue weighted by molar-refractivity contribution is 5.06. The molecule has 0 aromatic heterocycles. The van der Waals surface area contributed by atoms with E-state index >= 15 is 0 Å². The molecular weight excluding hydrogens is 212 g/mol. The van der Waals surface area contributed by atoms with E-state index < -0.39 is 0 Å². The van der Waals surface area contributed by atoms with Crippen LogP contribution in [0.25, 0.3) is 0 Å². The Bertz CT molecular complexity index is 272. The lowest BCUT2D eigenvalue weighted by molar-refractivity contribution is 0.242. The van der Waals surface area contributed by atoms with Crippen LogP contribution in [-0.2, 0) is 9.47 Å². The lowest BCUT2D eigenvalue weighted by Gasteiger charge is -2.14. The minimum absolute atomic E-state index is 0.198. The number of ether oxygens (including phenoxy) is 2. The van der Waals surface area contributed by atoms with E-state index in [-0.39, 0.29) is 11.2 Å². The predicted octanol–water partition coefficient (Wildman–Crippen LogP) is 3.93. The third-order valence-corrected chi connectivity index (χ3v) is 4.78. The normalized spacial score (nSPS) is 44.1. The summed E-state index contributed by atoms with van der Waals surface area (Å²) in [6, 6.07) is 0. The van der Waals surface area contributed by atoms with Gasteiger partial charge in [0.15, 0.2) is 0 Å². The summed E-state index contributed by atoms with van der Waals surface area (Å²) in [5, 5.41) is 0. The Kier molecular flexibility index (Phi) is 3.57. The molecule has 2 rings (SSSR count). The molecule has 4 atom stereocenters. The minimum atomic E-state index is 0.198. The van der Waals surface area contributed by atoms with Gasteiger partial charge in [-0.1, -0.05) is 27.7 Å². The van der Waals surface area contributed by atoms with Gasteiger partial charge in [0.1, 0.15) is 0 Å². The summed E-state index contributed by atoms with van der Waals surface area (Å²) in [5.41, 5.74) is 0.407. The van der Waals surface area contributed by atoms with Gasteiger partial charge in [-0.05, 0) is 44.9 Å². The third-order valence-electron chi connectivity index (χ3n) is 4.78. The Labute approximate surface area is 106 Å². The average molecular weight is 240 g/mol. The van der Waals surface area contributed by atoms with Crippen molar-refractivity contribution in [3.05, 3.63) is 0 Å². The van der Waals surface area contributed by atoms with Crippen molar-refractivity contribution < 1.29 is 9.47 Å². The monoisotopic (exact) mass is 240 g/mol. The Morgan fingerprint density at radius 2 is 1.65 bits per heavy atom. The van der Waals surface area contributed by atoms with E-state index in [9.17, 15) is 0 Å². The lowest BCUT2D eigenvalue weighted by Crippen LogP contribution is -2.19. The van der Waals surface area contributed by atoms with Gasteiger partial charge in [-0.3, -0.25) is 0 Å². The second-order valence-electron chi connectivity index (χ2n) is 6.34. The first-order valence-electron chi connectivity index (χ1n) is 7.33. The number of epoxide rings is 2. The van der Waals surface area contributed by atoms with E-state index in [1.165, 1.54) is 19.3 Å². The van der Waals surface area contributed by atoms with Gasteiger partial charge in [-0.2, -0.15) is 0 Å². The van der Waals surface area contributed by atoms with Crippen molar-refractivity contribution >= 4 is 0 Å². The highest BCUT2D eigenvalue weighted by Gasteiger charge is 2.57. The van der Waals surface area contributed by atoms with Gasteiger partial charge in [0, 0.05) is 0 Å².